The number of hydrogen-bond acceptors (Lipinski definition) is 6. The van der Waals surface area contributed by atoms with E-state index < -0.39 is 9.84 Å². The van der Waals surface area contributed by atoms with Crippen LogP contribution in [-0.2, 0) is 32.4 Å². The summed E-state index contributed by atoms with van der Waals surface area (Å²) in [5.41, 5.74) is 6.56. The van der Waals surface area contributed by atoms with Gasteiger partial charge in [0.1, 0.15) is 27.9 Å². The first-order chi connectivity index (χ1) is 17.6. The molecule has 0 heterocycles. The van der Waals surface area contributed by atoms with Gasteiger partial charge in [0.25, 0.3) is 0 Å². The van der Waals surface area contributed by atoms with Gasteiger partial charge in [-0.2, -0.15) is 0 Å². The number of sulfone groups is 1. The molecule has 3 rings (SSSR count). The minimum Gasteiger partial charge on any atom is -0.494 e. The van der Waals surface area contributed by atoms with Crippen molar-refractivity contribution < 1.29 is 27.4 Å². The molecular weight excluding hydrogens is 488 g/mol. The third kappa shape index (κ3) is 9.25. The number of esters is 1. The summed E-state index contributed by atoms with van der Waals surface area (Å²) >= 11 is 0. The van der Waals surface area contributed by atoms with E-state index in [2.05, 4.69) is 26.0 Å². The van der Waals surface area contributed by atoms with Gasteiger partial charge in [0.15, 0.2) is 0 Å². The lowest BCUT2D eigenvalue weighted by molar-refractivity contribution is -0.143. The maximum atomic E-state index is 11.5. The second-order valence-electron chi connectivity index (χ2n) is 9.20. The van der Waals surface area contributed by atoms with Crippen LogP contribution in [0, 0.1) is 13.8 Å². The molecule has 198 valence electrons. The second-order valence-corrected chi connectivity index (χ2v) is 11.5. The summed E-state index contributed by atoms with van der Waals surface area (Å²) in [6, 6.07) is 20.1. The fourth-order valence-electron chi connectivity index (χ4n) is 4.19. The van der Waals surface area contributed by atoms with Crippen LogP contribution in [0.4, 0.5) is 0 Å². The van der Waals surface area contributed by atoms with Crippen molar-refractivity contribution in [2.75, 3.05) is 25.2 Å². The van der Waals surface area contributed by atoms with E-state index in [0.717, 1.165) is 44.9 Å². The van der Waals surface area contributed by atoms with E-state index in [-0.39, 0.29) is 11.7 Å². The molecule has 6 nitrogen and oxygen atoms in total. The molecule has 0 saturated carbocycles. The Morgan fingerprint density at radius 1 is 0.865 bits per heavy atom. The maximum Gasteiger partial charge on any atom is 0.306 e. The van der Waals surface area contributed by atoms with Gasteiger partial charge in [-0.25, -0.2) is 8.42 Å². The van der Waals surface area contributed by atoms with Crippen LogP contribution < -0.4 is 9.47 Å². The fraction of sp³-hybridized carbons (Fsp3) is 0.367. The third-order valence-corrected chi connectivity index (χ3v) is 6.93. The standard InChI is InChI=1S/C30H36O6S/c1-5-34-29(31)15-12-24-10-13-27(14-11-24)36-21-25-8-6-9-26(20-25)30-22(2)18-28(19-23(30)3)35-16-7-17-37(4,32)33/h6,8-11,13-14,18-20H,5,7,12,15-17,21H2,1-4H3. The lowest BCUT2D eigenvalue weighted by Gasteiger charge is -2.15. The summed E-state index contributed by atoms with van der Waals surface area (Å²) in [6.07, 6.45) is 2.72. The van der Waals surface area contributed by atoms with Gasteiger partial charge in [0.2, 0.25) is 0 Å². The highest BCUT2D eigenvalue weighted by Crippen LogP contribution is 2.32. The zero-order valence-corrected chi connectivity index (χ0v) is 22.9. The Hall–Kier alpha value is -3.32. The molecule has 0 aliphatic carbocycles. The predicted octanol–water partition coefficient (Wildman–Crippen LogP) is 5.86. The predicted molar refractivity (Wildman–Crippen MR) is 147 cm³/mol. The monoisotopic (exact) mass is 524 g/mol. The first-order valence-electron chi connectivity index (χ1n) is 12.5. The molecule has 3 aromatic rings. The van der Waals surface area contributed by atoms with Gasteiger partial charge < -0.3 is 14.2 Å². The first kappa shape index (κ1) is 28.3. The van der Waals surface area contributed by atoms with Crippen LogP contribution in [0.25, 0.3) is 11.1 Å². The highest BCUT2D eigenvalue weighted by Gasteiger charge is 2.10. The van der Waals surface area contributed by atoms with E-state index in [1.165, 1.54) is 6.26 Å². The SMILES string of the molecule is CCOC(=O)CCc1ccc(OCc2cccc(-c3c(C)cc(OCCCS(C)(=O)=O)cc3C)c2)cc1. The average Bonchev–Trinajstić information content (AvgIpc) is 2.84. The highest BCUT2D eigenvalue weighted by molar-refractivity contribution is 7.90. The van der Waals surface area contributed by atoms with Gasteiger partial charge in [-0.05, 0) is 97.3 Å². The molecule has 0 fully saturated rings. The molecule has 0 bridgehead atoms. The normalized spacial score (nSPS) is 11.2. The summed E-state index contributed by atoms with van der Waals surface area (Å²) in [7, 11) is -2.98. The molecular formula is C30H36O6S. The Morgan fingerprint density at radius 3 is 2.22 bits per heavy atom. The zero-order valence-electron chi connectivity index (χ0n) is 22.1. The molecule has 0 aliphatic heterocycles. The van der Waals surface area contributed by atoms with Crippen molar-refractivity contribution in [1.82, 2.24) is 0 Å². The number of carbonyl (C=O) groups excluding carboxylic acids is 1. The topological polar surface area (TPSA) is 78.9 Å². The Morgan fingerprint density at radius 2 is 1.57 bits per heavy atom. The lowest BCUT2D eigenvalue weighted by Crippen LogP contribution is -2.08. The number of hydrogen-bond donors (Lipinski definition) is 0. The molecule has 0 aromatic heterocycles. The van der Waals surface area contributed by atoms with Crippen molar-refractivity contribution in [3.8, 4) is 22.6 Å². The Bertz CT molecular complexity index is 1270. The van der Waals surface area contributed by atoms with Crippen molar-refractivity contribution in [3.63, 3.8) is 0 Å². The molecule has 0 saturated heterocycles. The van der Waals surface area contributed by atoms with E-state index in [1.54, 1.807) is 0 Å². The largest absolute Gasteiger partial charge is 0.494 e. The van der Waals surface area contributed by atoms with Gasteiger partial charge in [-0.1, -0.05) is 30.3 Å². The molecule has 0 N–H and O–H groups in total. The van der Waals surface area contributed by atoms with Crippen LogP contribution in [0.5, 0.6) is 11.5 Å². The van der Waals surface area contributed by atoms with Crippen LogP contribution in [0.2, 0.25) is 0 Å². The molecule has 37 heavy (non-hydrogen) atoms. The Kier molecular flexibility index (Phi) is 10.1. The van der Waals surface area contributed by atoms with Gasteiger partial charge in [0.05, 0.1) is 19.0 Å². The number of aryl methyl sites for hydroxylation is 3. The molecule has 0 amide bonds. The number of carbonyl (C=O) groups is 1. The number of rotatable bonds is 13. The van der Waals surface area contributed by atoms with Crippen molar-refractivity contribution in [2.24, 2.45) is 0 Å². The quantitative estimate of drug-likeness (QED) is 0.206. The molecule has 0 unspecified atom stereocenters. The van der Waals surface area contributed by atoms with Gasteiger partial charge >= 0.3 is 5.97 Å². The minimum absolute atomic E-state index is 0.123. The Labute approximate surface area is 220 Å². The van der Waals surface area contributed by atoms with Crippen LogP contribution in [0.1, 0.15) is 42.0 Å². The van der Waals surface area contributed by atoms with E-state index in [4.69, 9.17) is 14.2 Å². The number of benzene rings is 3. The lowest BCUT2D eigenvalue weighted by atomic mass is 9.94. The molecule has 0 spiro atoms. The maximum absolute atomic E-state index is 11.5. The van der Waals surface area contributed by atoms with E-state index >= 15 is 0 Å². The van der Waals surface area contributed by atoms with Gasteiger partial charge in [-0.3, -0.25) is 4.79 Å². The smallest absolute Gasteiger partial charge is 0.306 e. The molecule has 0 radical (unpaired) electrons. The molecule has 3 aromatic carbocycles. The molecule has 7 heteroatoms. The van der Waals surface area contributed by atoms with Crippen molar-refractivity contribution in [1.29, 1.82) is 0 Å². The fourth-order valence-corrected chi connectivity index (χ4v) is 4.83. The van der Waals surface area contributed by atoms with E-state index in [9.17, 15) is 13.2 Å². The van der Waals surface area contributed by atoms with Gasteiger partial charge in [0, 0.05) is 12.7 Å². The second kappa shape index (κ2) is 13.3. The Balaban J connectivity index is 1.60. The summed E-state index contributed by atoms with van der Waals surface area (Å²) in [4.78, 5) is 11.5. The van der Waals surface area contributed by atoms with Crippen molar-refractivity contribution >= 4 is 15.8 Å². The van der Waals surface area contributed by atoms with Crippen molar-refractivity contribution in [3.05, 3.63) is 82.9 Å². The average molecular weight is 525 g/mol. The third-order valence-electron chi connectivity index (χ3n) is 5.90. The number of ether oxygens (including phenoxy) is 3. The summed E-state index contributed by atoms with van der Waals surface area (Å²) < 4.78 is 39.4. The first-order valence-corrected chi connectivity index (χ1v) is 14.6. The van der Waals surface area contributed by atoms with E-state index in [0.29, 0.717) is 39.1 Å². The van der Waals surface area contributed by atoms with Gasteiger partial charge in [-0.15, -0.1) is 0 Å². The highest BCUT2D eigenvalue weighted by atomic mass is 32.2. The van der Waals surface area contributed by atoms with E-state index in [1.807, 2.05) is 55.5 Å². The van der Waals surface area contributed by atoms with Crippen LogP contribution >= 0.6 is 0 Å². The zero-order chi connectivity index (χ0) is 26.8. The molecule has 0 atom stereocenters. The summed E-state index contributed by atoms with van der Waals surface area (Å²) in [5.74, 6) is 1.46. The summed E-state index contributed by atoms with van der Waals surface area (Å²) in [5, 5.41) is 0. The van der Waals surface area contributed by atoms with Crippen molar-refractivity contribution in [2.45, 2.75) is 46.6 Å². The summed E-state index contributed by atoms with van der Waals surface area (Å²) in [6.45, 7) is 7.12. The van der Waals surface area contributed by atoms with Crippen LogP contribution in [0.3, 0.4) is 0 Å². The van der Waals surface area contributed by atoms with Crippen LogP contribution in [-0.4, -0.2) is 39.6 Å². The minimum atomic E-state index is -2.98. The van der Waals surface area contributed by atoms with Crippen LogP contribution in [0.15, 0.2) is 60.7 Å². The molecule has 0 aliphatic rings.